The van der Waals surface area contributed by atoms with E-state index >= 15 is 0 Å². The quantitative estimate of drug-likeness (QED) is 0.0384. The molecule has 2 aliphatic rings. The number of phosphoric ester groups is 1. The lowest BCUT2D eigenvalue weighted by molar-refractivity contribution is -0.285. The van der Waals surface area contributed by atoms with Crippen LogP contribution < -0.4 is 0 Å². The molecule has 1 saturated heterocycles. The first-order valence-corrected chi connectivity index (χ1v) is 20.9. The summed E-state index contributed by atoms with van der Waals surface area (Å²) in [7, 11) is -3.32. The number of phosphoric acid groups is 1. The van der Waals surface area contributed by atoms with Gasteiger partial charge in [-0.05, 0) is 52.8 Å². The number of rotatable bonds is 19. The van der Waals surface area contributed by atoms with E-state index in [-0.39, 0.29) is 37.9 Å². The van der Waals surface area contributed by atoms with Crippen LogP contribution in [-0.4, -0.2) is 75.7 Å². The molecule has 0 unspecified atom stereocenters. The van der Waals surface area contributed by atoms with Crippen LogP contribution in [0.15, 0.2) is 109 Å². The normalized spacial score (nSPS) is 20.1. The SMILES string of the molecule is CCCCOP(=O)(OCCCC)O[C@@H]1O[C@H](C(=O)OC)[C@@H](OC(=O)OCC2c3ccccc3-c3ccccc32)[C@H](OCc2ccccc2)[C@H]1OC(=O)c1ccccc1. The highest BCUT2D eigenvalue weighted by Gasteiger charge is 2.56. The number of methoxy groups -OCH3 is 1. The molecule has 5 atom stereocenters. The van der Waals surface area contributed by atoms with E-state index in [0.717, 1.165) is 42.2 Å². The zero-order valence-corrected chi connectivity index (χ0v) is 33.7. The second-order valence-electron chi connectivity index (χ2n) is 13.7. The van der Waals surface area contributed by atoms with E-state index in [2.05, 4.69) is 0 Å². The summed E-state index contributed by atoms with van der Waals surface area (Å²) in [5, 5.41) is 0. The number of carbonyl (C=O) groups is 3. The smallest absolute Gasteiger partial charge is 0.467 e. The molecule has 1 heterocycles. The first-order valence-electron chi connectivity index (χ1n) is 19.5. The molecule has 4 aromatic carbocycles. The van der Waals surface area contributed by atoms with Crippen LogP contribution in [-0.2, 0) is 58.0 Å². The van der Waals surface area contributed by atoms with Gasteiger partial charge in [0, 0.05) is 5.92 Å². The Hall–Kier alpha value is -4.88. The van der Waals surface area contributed by atoms with E-state index in [1.807, 2.05) is 68.4 Å². The van der Waals surface area contributed by atoms with Gasteiger partial charge in [-0.15, -0.1) is 0 Å². The first-order chi connectivity index (χ1) is 28.2. The summed E-state index contributed by atoms with van der Waals surface area (Å²) in [4.78, 5) is 41.1. The Labute approximate surface area is 338 Å². The van der Waals surface area contributed by atoms with Crippen LogP contribution in [0, 0.1) is 0 Å². The molecule has 14 heteroatoms. The molecule has 308 valence electrons. The third kappa shape index (κ3) is 10.6. The molecule has 13 nitrogen and oxygen atoms in total. The third-order valence-corrected chi connectivity index (χ3v) is 11.2. The number of hydrogen-bond acceptors (Lipinski definition) is 13. The summed E-state index contributed by atoms with van der Waals surface area (Å²) in [6.45, 7) is 3.70. The monoisotopic (exact) mass is 816 g/mol. The van der Waals surface area contributed by atoms with Crippen molar-refractivity contribution in [1.29, 1.82) is 0 Å². The number of esters is 2. The molecular formula is C44H49O13P. The van der Waals surface area contributed by atoms with Crippen molar-refractivity contribution in [2.75, 3.05) is 26.9 Å². The van der Waals surface area contributed by atoms with Crippen molar-refractivity contribution in [3.8, 4) is 11.1 Å². The van der Waals surface area contributed by atoms with Gasteiger partial charge in [0.15, 0.2) is 18.3 Å². The van der Waals surface area contributed by atoms with E-state index in [1.165, 1.54) is 12.1 Å². The molecule has 0 spiro atoms. The maximum absolute atomic E-state index is 14.3. The Morgan fingerprint density at radius 3 is 1.84 bits per heavy atom. The molecule has 1 aliphatic carbocycles. The Balaban J connectivity index is 1.34. The summed E-state index contributed by atoms with van der Waals surface area (Å²) >= 11 is 0. The Morgan fingerprint density at radius 1 is 0.690 bits per heavy atom. The Bertz CT molecular complexity index is 1950. The molecule has 0 amide bonds. The van der Waals surface area contributed by atoms with Crippen LogP contribution in [0.25, 0.3) is 11.1 Å². The molecule has 1 aliphatic heterocycles. The first kappa shape index (κ1) is 42.7. The molecule has 6 rings (SSSR count). The Morgan fingerprint density at radius 2 is 1.26 bits per heavy atom. The predicted molar refractivity (Wildman–Crippen MR) is 212 cm³/mol. The second kappa shape index (κ2) is 20.7. The number of carbonyl (C=O) groups excluding carboxylic acids is 3. The minimum Gasteiger partial charge on any atom is -0.467 e. The number of ether oxygens (including phenoxy) is 6. The van der Waals surface area contributed by atoms with Crippen molar-refractivity contribution in [2.24, 2.45) is 0 Å². The van der Waals surface area contributed by atoms with Gasteiger partial charge in [-0.1, -0.05) is 124 Å². The van der Waals surface area contributed by atoms with Crippen molar-refractivity contribution in [3.05, 3.63) is 131 Å². The Kier molecular flexibility index (Phi) is 15.2. The standard InChI is InChI=1S/C44H49O13P/c1-4-6-26-52-58(48,53-27-7-5-2)57-43-40(54-41(45)31-20-12-9-13-21-31)37(50-28-30-18-10-8-11-19-30)38(39(55-43)42(46)49-3)56-44(47)51-29-36-34-24-16-14-22-32(34)33-23-15-17-25-35(33)36/h8-25,36-40,43H,4-7,26-29H2,1-3H3/t37-,38-,39-,40+,43-/m0/s1. The summed E-state index contributed by atoms with van der Waals surface area (Å²) in [6, 6.07) is 32.9. The van der Waals surface area contributed by atoms with Crippen molar-refractivity contribution >= 4 is 25.9 Å². The van der Waals surface area contributed by atoms with Gasteiger partial charge >= 0.3 is 25.9 Å². The summed E-state index contributed by atoms with van der Waals surface area (Å²) < 4.78 is 67.1. The highest BCUT2D eigenvalue weighted by atomic mass is 31.2. The van der Waals surface area contributed by atoms with Gasteiger partial charge in [-0.25, -0.2) is 18.9 Å². The average molecular weight is 817 g/mol. The maximum atomic E-state index is 14.3. The van der Waals surface area contributed by atoms with Crippen LogP contribution >= 0.6 is 7.82 Å². The van der Waals surface area contributed by atoms with E-state index in [9.17, 15) is 18.9 Å². The summed E-state index contributed by atoms with van der Waals surface area (Å²) in [6.07, 6.45) is -6.95. The van der Waals surface area contributed by atoms with Gasteiger partial charge in [0.1, 0.15) is 12.7 Å². The predicted octanol–water partition coefficient (Wildman–Crippen LogP) is 8.79. The van der Waals surface area contributed by atoms with E-state index in [4.69, 9.17) is 42.0 Å². The fourth-order valence-corrected chi connectivity index (χ4v) is 8.11. The van der Waals surface area contributed by atoms with Gasteiger partial charge in [0.2, 0.25) is 6.29 Å². The molecule has 0 bridgehead atoms. The van der Waals surface area contributed by atoms with Crippen molar-refractivity contribution in [3.63, 3.8) is 0 Å². The molecular weight excluding hydrogens is 767 g/mol. The van der Waals surface area contributed by atoms with Crippen LogP contribution in [0.2, 0.25) is 0 Å². The summed E-state index contributed by atoms with van der Waals surface area (Å²) in [5.74, 6) is -2.11. The minimum atomic E-state index is -4.45. The van der Waals surface area contributed by atoms with Crippen molar-refractivity contribution in [1.82, 2.24) is 0 Å². The van der Waals surface area contributed by atoms with Crippen molar-refractivity contribution < 1.29 is 60.9 Å². The van der Waals surface area contributed by atoms with E-state index in [1.54, 1.807) is 42.5 Å². The van der Waals surface area contributed by atoms with Crippen LogP contribution in [0.1, 0.15) is 72.5 Å². The van der Waals surface area contributed by atoms with Gasteiger partial charge in [0.05, 0.1) is 32.5 Å². The lowest BCUT2D eigenvalue weighted by atomic mass is 9.97. The minimum absolute atomic E-state index is 0.0168. The third-order valence-electron chi connectivity index (χ3n) is 9.76. The molecule has 58 heavy (non-hydrogen) atoms. The highest BCUT2D eigenvalue weighted by molar-refractivity contribution is 7.48. The largest absolute Gasteiger partial charge is 0.508 e. The van der Waals surface area contributed by atoms with Crippen molar-refractivity contribution in [2.45, 2.75) is 82.8 Å². The fraction of sp³-hybridized carbons (Fsp3) is 0.386. The number of fused-ring (bicyclic) bond motifs is 3. The van der Waals surface area contributed by atoms with Gasteiger partial charge in [0.25, 0.3) is 0 Å². The zero-order chi connectivity index (χ0) is 40.9. The second-order valence-corrected chi connectivity index (χ2v) is 15.4. The van der Waals surface area contributed by atoms with Crippen LogP contribution in [0.5, 0.6) is 0 Å². The van der Waals surface area contributed by atoms with Crippen LogP contribution in [0.4, 0.5) is 4.79 Å². The molecule has 4 aromatic rings. The maximum Gasteiger partial charge on any atom is 0.508 e. The number of unbranched alkanes of at least 4 members (excludes halogenated alkanes) is 2. The van der Waals surface area contributed by atoms with E-state index < -0.39 is 56.6 Å². The molecule has 0 aromatic heterocycles. The lowest BCUT2D eigenvalue weighted by Gasteiger charge is -2.43. The fourth-order valence-electron chi connectivity index (χ4n) is 6.78. The number of benzene rings is 4. The molecule has 0 N–H and O–H groups in total. The average Bonchev–Trinajstić information content (AvgIpc) is 3.57. The van der Waals surface area contributed by atoms with E-state index in [0.29, 0.717) is 18.4 Å². The molecule has 1 fully saturated rings. The van der Waals surface area contributed by atoms with Gasteiger partial charge in [-0.2, -0.15) is 0 Å². The number of hydrogen-bond donors (Lipinski definition) is 0. The van der Waals surface area contributed by atoms with Gasteiger partial charge < -0.3 is 28.4 Å². The molecule has 0 saturated carbocycles. The lowest BCUT2D eigenvalue weighted by Crippen LogP contribution is -2.63. The van der Waals surface area contributed by atoms with Gasteiger partial charge in [-0.3, -0.25) is 13.6 Å². The molecule has 0 radical (unpaired) electrons. The van der Waals surface area contributed by atoms with Crippen LogP contribution in [0.3, 0.4) is 0 Å². The highest BCUT2D eigenvalue weighted by Crippen LogP contribution is 2.53. The zero-order valence-electron chi connectivity index (χ0n) is 32.8. The summed E-state index contributed by atoms with van der Waals surface area (Å²) in [5.41, 5.74) is 4.89. The topological polar surface area (TPSA) is 151 Å².